The van der Waals surface area contributed by atoms with Crippen molar-refractivity contribution in [3.8, 4) is 0 Å². The van der Waals surface area contributed by atoms with Gasteiger partial charge in [-0.1, -0.05) is 56.3 Å². The molecule has 0 spiro atoms. The molecule has 6 heteroatoms. The number of carbonyl (C=O) groups is 3. The van der Waals surface area contributed by atoms with Crippen LogP contribution in [0.5, 0.6) is 0 Å². The number of hydrogen-bond acceptors (Lipinski definition) is 4. The summed E-state index contributed by atoms with van der Waals surface area (Å²) in [5.74, 6) is -1.01. The molecule has 2 rings (SSSR count). The lowest BCUT2D eigenvalue weighted by Gasteiger charge is -2.22. The van der Waals surface area contributed by atoms with E-state index in [1.807, 2.05) is 36.4 Å². The first-order chi connectivity index (χ1) is 12.5. The van der Waals surface area contributed by atoms with Crippen LogP contribution in [0.4, 0.5) is 0 Å². The number of nitrogens with one attached hydrogen (secondary N) is 2. The molecule has 0 saturated heterocycles. The van der Waals surface area contributed by atoms with Crippen LogP contribution in [-0.2, 0) is 19.1 Å². The van der Waals surface area contributed by atoms with E-state index < -0.39 is 18.1 Å². The molecular formula is C20H26N2O4. The fraction of sp³-hybridized carbons (Fsp3) is 0.450. The van der Waals surface area contributed by atoms with Gasteiger partial charge in [-0.25, -0.2) is 4.79 Å². The first kappa shape index (κ1) is 19.7. The zero-order valence-electron chi connectivity index (χ0n) is 15.2. The van der Waals surface area contributed by atoms with E-state index in [1.54, 1.807) is 19.9 Å². The molecule has 0 aliphatic carbocycles. The highest BCUT2D eigenvalue weighted by molar-refractivity contribution is 5.85. The summed E-state index contributed by atoms with van der Waals surface area (Å²) in [5, 5.41) is 5.64. The molecule has 1 unspecified atom stereocenters. The quantitative estimate of drug-likeness (QED) is 0.641. The maximum atomic E-state index is 12.5. The van der Waals surface area contributed by atoms with Crippen molar-refractivity contribution < 1.29 is 19.1 Å². The Balaban J connectivity index is 2.14. The summed E-state index contributed by atoms with van der Waals surface area (Å²) in [4.78, 5) is 36.5. The van der Waals surface area contributed by atoms with E-state index in [0.717, 1.165) is 5.56 Å². The topological polar surface area (TPSA) is 84.5 Å². The lowest BCUT2D eigenvalue weighted by molar-refractivity contribution is -0.149. The van der Waals surface area contributed by atoms with Crippen LogP contribution >= 0.6 is 0 Å². The Morgan fingerprint density at radius 3 is 2.62 bits per heavy atom. The lowest BCUT2D eigenvalue weighted by atomic mass is 10.1. The van der Waals surface area contributed by atoms with Gasteiger partial charge in [0, 0.05) is 12.3 Å². The average molecular weight is 358 g/mol. The smallest absolute Gasteiger partial charge is 0.329 e. The minimum atomic E-state index is -0.729. The van der Waals surface area contributed by atoms with Gasteiger partial charge in [-0.15, -0.1) is 0 Å². The summed E-state index contributed by atoms with van der Waals surface area (Å²) in [6.45, 7) is 3.56. The highest BCUT2D eigenvalue weighted by Crippen LogP contribution is 2.15. The molecule has 26 heavy (non-hydrogen) atoms. The van der Waals surface area contributed by atoms with Gasteiger partial charge in [0.05, 0.1) is 6.04 Å². The van der Waals surface area contributed by atoms with Gasteiger partial charge in [0.2, 0.25) is 11.8 Å². The standard InChI is InChI=1S/C20H26N2O4/c1-14(2)19(24)22-16-11-7-4-8-12-18(23)21-17(13-26-20(16)25)15-9-5-3-6-10-15/h3-7,9-10,14,16-17H,8,11-13H2,1-2H3,(H,21,23)(H,22,24)/t16-,17?/m1/s1. The first-order valence-electron chi connectivity index (χ1n) is 8.93. The third kappa shape index (κ3) is 6.02. The van der Waals surface area contributed by atoms with E-state index in [0.29, 0.717) is 19.3 Å². The summed E-state index contributed by atoms with van der Waals surface area (Å²) in [6.07, 6.45) is 4.93. The Morgan fingerprint density at radius 2 is 1.92 bits per heavy atom. The number of ether oxygens (including phenoxy) is 1. The van der Waals surface area contributed by atoms with Crippen LogP contribution in [0.2, 0.25) is 0 Å². The highest BCUT2D eigenvalue weighted by Gasteiger charge is 2.24. The van der Waals surface area contributed by atoms with E-state index in [9.17, 15) is 14.4 Å². The van der Waals surface area contributed by atoms with Crippen LogP contribution in [0.15, 0.2) is 42.5 Å². The molecule has 2 amide bonds. The SMILES string of the molecule is CC(C)C(=O)N[C@@H]1CC=CCCC(=O)NC(c2ccccc2)COC1=O. The summed E-state index contributed by atoms with van der Waals surface area (Å²) in [6, 6.07) is 8.23. The van der Waals surface area contributed by atoms with Crippen molar-refractivity contribution >= 4 is 17.8 Å². The van der Waals surface area contributed by atoms with E-state index >= 15 is 0 Å². The average Bonchev–Trinajstić information content (AvgIpc) is 2.63. The van der Waals surface area contributed by atoms with Gasteiger partial charge in [-0.2, -0.15) is 0 Å². The number of esters is 1. The molecule has 0 aromatic heterocycles. The number of allylic oxidation sites excluding steroid dienone is 1. The van der Waals surface area contributed by atoms with Crippen molar-refractivity contribution in [3.05, 3.63) is 48.0 Å². The first-order valence-corrected chi connectivity index (χ1v) is 8.93. The fourth-order valence-electron chi connectivity index (χ4n) is 2.56. The maximum Gasteiger partial charge on any atom is 0.329 e. The number of benzene rings is 1. The minimum absolute atomic E-state index is 0.0202. The molecule has 0 fully saturated rings. The molecule has 140 valence electrons. The Bertz CT molecular complexity index is 655. The van der Waals surface area contributed by atoms with Crippen molar-refractivity contribution in [3.63, 3.8) is 0 Å². The van der Waals surface area contributed by atoms with Gasteiger partial charge in [-0.3, -0.25) is 9.59 Å². The molecule has 0 bridgehead atoms. The molecule has 1 heterocycles. The lowest BCUT2D eigenvalue weighted by Crippen LogP contribution is -2.44. The molecule has 1 aromatic carbocycles. The third-order valence-corrected chi connectivity index (χ3v) is 4.13. The van der Waals surface area contributed by atoms with E-state index in [2.05, 4.69) is 10.6 Å². The van der Waals surface area contributed by atoms with Crippen molar-refractivity contribution in [1.82, 2.24) is 10.6 Å². The second kappa shape index (κ2) is 9.75. The van der Waals surface area contributed by atoms with Gasteiger partial charge >= 0.3 is 5.97 Å². The second-order valence-electron chi connectivity index (χ2n) is 6.62. The molecule has 0 saturated carbocycles. The molecule has 1 aliphatic heterocycles. The van der Waals surface area contributed by atoms with Gasteiger partial charge in [-0.05, 0) is 18.4 Å². The van der Waals surface area contributed by atoms with Crippen molar-refractivity contribution in [2.75, 3.05) is 6.61 Å². The maximum absolute atomic E-state index is 12.5. The van der Waals surface area contributed by atoms with E-state index in [-0.39, 0.29) is 24.3 Å². The van der Waals surface area contributed by atoms with Crippen molar-refractivity contribution in [2.24, 2.45) is 5.92 Å². The zero-order chi connectivity index (χ0) is 18.9. The van der Waals surface area contributed by atoms with Crippen LogP contribution in [-0.4, -0.2) is 30.4 Å². The van der Waals surface area contributed by atoms with E-state index in [4.69, 9.17) is 4.74 Å². The Labute approximate surface area is 154 Å². The van der Waals surface area contributed by atoms with Gasteiger partial charge in [0.15, 0.2) is 0 Å². The number of rotatable bonds is 3. The minimum Gasteiger partial charge on any atom is -0.462 e. The molecule has 1 aromatic rings. The predicted molar refractivity (Wildman–Crippen MR) is 98.0 cm³/mol. The number of cyclic esters (lactones) is 1. The van der Waals surface area contributed by atoms with Crippen molar-refractivity contribution in [2.45, 2.75) is 45.2 Å². The largest absolute Gasteiger partial charge is 0.462 e. The summed E-state index contributed by atoms with van der Waals surface area (Å²) >= 11 is 0. The van der Waals surface area contributed by atoms with Crippen LogP contribution in [0.1, 0.15) is 44.7 Å². The zero-order valence-corrected chi connectivity index (χ0v) is 15.2. The normalized spacial score (nSPS) is 22.0. The molecule has 0 radical (unpaired) electrons. The molecule has 2 N–H and O–H groups in total. The molecule has 6 nitrogen and oxygen atoms in total. The van der Waals surface area contributed by atoms with Crippen LogP contribution in [0, 0.1) is 5.92 Å². The Kier molecular flexibility index (Phi) is 7.38. The monoisotopic (exact) mass is 358 g/mol. The van der Waals surface area contributed by atoms with Gasteiger partial charge in [0.25, 0.3) is 0 Å². The number of hydrogen-bond donors (Lipinski definition) is 2. The predicted octanol–water partition coefficient (Wildman–Crippen LogP) is 2.27. The van der Waals surface area contributed by atoms with Crippen molar-refractivity contribution in [1.29, 1.82) is 0 Å². The number of carbonyl (C=O) groups excluding carboxylic acids is 3. The summed E-state index contributed by atoms with van der Waals surface area (Å²) in [5.41, 5.74) is 0.865. The Morgan fingerprint density at radius 1 is 1.19 bits per heavy atom. The second-order valence-corrected chi connectivity index (χ2v) is 6.62. The molecular weight excluding hydrogens is 332 g/mol. The van der Waals surface area contributed by atoms with Crippen LogP contribution < -0.4 is 10.6 Å². The van der Waals surface area contributed by atoms with Crippen LogP contribution in [0.25, 0.3) is 0 Å². The van der Waals surface area contributed by atoms with Gasteiger partial charge < -0.3 is 15.4 Å². The third-order valence-electron chi connectivity index (χ3n) is 4.13. The Hall–Kier alpha value is -2.63. The number of amides is 2. The van der Waals surface area contributed by atoms with Crippen LogP contribution in [0.3, 0.4) is 0 Å². The molecule has 2 atom stereocenters. The van der Waals surface area contributed by atoms with Gasteiger partial charge in [0.1, 0.15) is 12.6 Å². The molecule has 1 aliphatic rings. The fourth-order valence-corrected chi connectivity index (χ4v) is 2.56. The summed E-state index contributed by atoms with van der Waals surface area (Å²) in [7, 11) is 0. The highest BCUT2D eigenvalue weighted by atomic mass is 16.5. The van der Waals surface area contributed by atoms with E-state index in [1.165, 1.54) is 0 Å². The summed E-state index contributed by atoms with van der Waals surface area (Å²) < 4.78 is 5.42.